The van der Waals surface area contributed by atoms with E-state index < -0.39 is 39.9 Å². The van der Waals surface area contributed by atoms with Gasteiger partial charge in [0.2, 0.25) is 22.2 Å². The van der Waals surface area contributed by atoms with Crippen LogP contribution in [0.2, 0.25) is 0 Å². The van der Waals surface area contributed by atoms with E-state index >= 15 is 0 Å². The van der Waals surface area contributed by atoms with Gasteiger partial charge in [-0.2, -0.15) is 4.31 Å². The van der Waals surface area contributed by atoms with Gasteiger partial charge in [-0.05, 0) is 38.0 Å². The third-order valence-electron chi connectivity index (χ3n) is 6.53. The molecule has 1 atom stereocenters. The molecular weight excluding hydrogens is 469 g/mol. The molecule has 1 saturated carbocycles. The molecule has 184 valence electrons. The molecular formula is C24H27F3N2O4S. The van der Waals surface area contributed by atoms with E-state index in [-0.39, 0.29) is 54.9 Å². The second-order valence-corrected chi connectivity index (χ2v) is 10.7. The summed E-state index contributed by atoms with van der Waals surface area (Å²) in [7, 11) is -2.77. The predicted octanol–water partition coefficient (Wildman–Crippen LogP) is 4.18. The number of hydrogen-bond acceptors (Lipinski definition) is 4. The Morgan fingerprint density at radius 2 is 1.79 bits per heavy atom. The van der Waals surface area contributed by atoms with E-state index in [0.29, 0.717) is 0 Å². The first-order valence-electron chi connectivity index (χ1n) is 11.1. The van der Waals surface area contributed by atoms with E-state index in [1.807, 2.05) is 0 Å². The Morgan fingerprint density at radius 3 is 2.47 bits per heavy atom. The third-order valence-corrected chi connectivity index (χ3v) is 8.43. The fraction of sp³-hybridized carbons (Fsp3) is 0.458. The molecule has 2 aromatic rings. The van der Waals surface area contributed by atoms with E-state index in [1.165, 1.54) is 36.2 Å². The lowest BCUT2D eigenvalue weighted by atomic mass is 9.91. The van der Waals surface area contributed by atoms with Crippen molar-refractivity contribution in [3.8, 4) is 11.1 Å². The Labute approximate surface area is 197 Å². The number of carbonyl (C=O) groups excluding carboxylic acids is 1. The largest absolute Gasteiger partial charge is 0.351 e. The summed E-state index contributed by atoms with van der Waals surface area (Å²) in [5.74, 6) is -3.91. The predicted molar refractivity (Wildman–Crippen MR) is 120 cm³/mol. The van der Waals surface area contributed by atoms with Crippen LogP contribution < -0.4 is 0 Å². The monoisotopic (exact) mass is 496 g/mol. The van der Waals surface area contributed by atoms with Gasteiger partial charge >= 0.3 is 0 Å². The van der Waals surface area contributed by atoms with Gasteiger partial charge in [-0.3, -0.25) is 4.79 Å². The van der Waals surface area contributed by atoms with Crippen molar-refractivity contribution in [1.82, 2.24) is 9.21 Å². The molecule has 1 aliphatic heterocycles. The van der Waals surface area contributed by atoms with Gasteiger partial charge in [0.25, 0.3) is 5.91 Å². The first kappa shape index (κ1) is 24.7. The second kappa shape index (κ2) is 9.31. The summed E-state index contributed by atoms with van der Waals surface area (Å²) < 4.78 is 75.6. The van der Waals surface area contributed by atoms with Gasteiger partial charge in [0, 0.05) is 43.6 Å². The Bertz CT molecular complexity index is 1180. The Kier molecular flexibility index (Phi) is 6.76. The van der Waals surface area contributed by atoms with Crippen LogP contribution in [-0.2, 0) is 19.6 Å². The van der Waals surface area contributed by atoms with Gasteiger partial charge in [-0.1, -0.05) is 29.8 Å². The van der Waals surface area contributed by atoms with Crippen LogP contribution in [0.15, 0.2) is 47.4 Å². The van der Waals surface area contributed by atoms with E-state index in [2.05, 4.69) is 0 Å². The smallest absolute Gasteiger partial charge is 0.268 e. The first-order valence-corrected chi connectivity index (χ1v) is 12.6. The zero-order chi connectivity index (χ0) is 24.7. The maximum Gasteiger partial charge on any atom is 0.268 e. The highest BCUT2D eigenvalue weighted by Gasteiger charge is 2.45. The molecule has 4 rings (SSSR count). The average Bonchev–Trinajstić information content (AvgIpc) is 3.29. The van der Waals surface area contributed by atoms with E-state index in [9.17, 15) is 26.4 Å². The number of alkyl halides is 2. The molecule has 1 heterocycles. The summed E-state index contributed by atoms with van der Waals surface area (Å²) in [6, 6.07) is 10.1. The highest BCUT2D eigenvalue weighted by Crippen LogP contribution is 2.37. The number of halogens is 3. The molecule has 0 N–H and O–H groups in total. The molecule has 1 amide bonds. The molecule has 2 fully saturated rings. The zero-order valence-corrected chi connectivity index (χ0v) is 19.8. The van der Waals surface area contributed by atoms with Gasteiger partial charge in [-0.25, -0.2) is 21.6 Å². The van der Waals surface area contributed by atoms with Crippen LogP contribution in [0.4, 0.5) is 13.2 Å². The van der Waals surface area contributed by atoms with Crippen LogP contribution in [0.1, 0.15) is 31.2 Å². The molecule has 1 aliphatic carbocycles. The lowest BCUT2D eigenvalue weighted by Gasteiger charge is -2.36. The van der Waals surface area contributed by atoms with E-state index in [0.717, 1.165) is 9.87 Å². The fourth-order valence-electron chi connectivity index (χ4n) is 4.55. The van der Waals surface area contributed by atoms with Gasteiger partial charge in [-0.15, -0.1) is 0 Å². The van der Waals surface area contributed by atoms with Crippen molar-refractivity contribution in [2.75, 3.05) is 20.2 Å². The van der Waals surface area contributed by atoms with Crippen LogP contribution >= 0.6 is 0 Å². The molecule has 0 spiro atoms. The maximum atomic E-state index is 14.6. The minimum Gasteiger partial charge on any atom is -0.351 e. The Morgan fingerprint density at radius 1 is 1.12 bits per heavy atom. The first-order chi connectivity index (χ1) is 16.0. The van der Waals surface area contributed by atoms with Crippen molar-refractivity contribution in [2.45, 2.75) is 55.7 Å². The van der Waals surface area contributed by atoms with Crippen LogP contribution in [0, 0.1) is 12.7 Å². The van der Waals surface area contributed by atoms with E-state index in [4.69, 9.17) is 4.74 Å². The molecule has 6 nitrogen and oxygen atoms in total. The van der Waals surface area contributed by atoms with Gasteiger partial charge < -0.3 is 9.64 Å². The number of benzene rings is 2. The number of amides is 1. The minimum atomic E-state index is -4.25. The molecule has 0 bridgehead atoms. The number of nitrogens with zero attached hydrogens (tertiary/aromatic N) is 2. The highest BCUT2D eigenvalue weighted by molar-refractivity contribution is 7.89. The average molecular weight is 497 g/mol. The molecule has 1 saturated heterocycles. The number of hydrogen-bond donors (Lipinski definition) is 0. The molecule has 0 radical (unpaired) electrons. The summed E-state index contributed by atoms with van der Waals surface area (Å²) in [6.45, 7) is 1.72. The number of carbonyl (C=O) groups is 1. The minimum absolute atomic E-state index is 0.00705. The SMILES string of the molecule is Cc1ccc(S(=O)(=O)N2CCOC2C(=O)N(C)C2CCC(F)(F)CC2)c(-c2ccccc2F)c1. The van der Waals surface area contributed by atoms with Crippen molar-refractivity contribution in [3.63, 3.8) is 0 Å². The van der Waals surface area contributed by atoms with Crippen LogP contribution in [0.25, 0.3) is 11.1 Å². The lowest BCUT2D eigenvalue weighted by Crippen LogP contribution is -2.51. The number of sulfonamides is 1. The normalized spacial score (nSPS) is 21.5. The lowest BCUT2D eigenvalue weighted by molar-refractivity contribution is -0.148. The topological polar surface area (TPSA) is 66.9 Å². The maximum absolute atomic E-state index is 14.6. The van der Waals surface area contributed by atoms with Gasteiger partial charge in [0.15, 0.2) is 0 Å². The Hall–Kier alpha value is -2.43. The summed E-state index contributed by atoms with van der Waals surface area (Å²) >= 11 is 0. The number of ether oxygens (including phenoxy) is 1. The summed E-state index contributed by atoms with van der Waals surface area (Å²) in [6.07, 6.45) is -1.79. The standard InChI is InChI=1S/C24H27F3N2O4S/c1-16-7-8-21(19(15-16)18-5-3-4-6-20(18)25)34(31,32)29-13-14-33-23(29)22(30)28(2)17-9-11-24(26,27)12-10-17/h3-8,15,17,23H,9-14H2,1-2H3. The summed E-state index contributed by atoms with van der Waals surface area (Å²) in [5, 5.41) is 0. The third kappa shape index (κ3) is 4.71. The number of aryl methyl sites for hydroxylation is 1. The second-order valence-electron chi connectivity index (χ2n) is 8.85. The quantitative estimate of drug-likeness (QED) is 0.623. The molecule has 2 aliphatic rings. The molecule has 34 heavy (non-hydrogen) atoms. The molecule has 0 aromatic heterocycles. The zero-order valence-electron chi connectivity index (χ0n) is 19.0. The van der Waals surface area contributed by atoms with Crippen LogP contribution in [-0.4, -0.2) is 61.9 Å². The molecule has 10 heteroatoms. The number of rotatable bonds is 5. The molecule has 1 unspecified atom stereocenters. The van der Waals surface area contributed by atoms with Gasteiger partial charge in [0.05, 0.1) is 11.5 Å². The fourth-order valence-corrected chi connectivity index (χ4v) is 6.20. The highest BCUT2D eigenvalue weighted by atomic mass is 32.2. The Balaban J connectivity index is 1.64. The van der Waals surface area contributed by atoms with Crippen LogP contribution in [0.5, 0.6) is 0 Å². The van der Waals surface area contributed by atoms with Crippen molar-refractivity contribution in [1.29, 1.82) is 0 Å². The van der Waals surface area contributed by atoms with Gasteiger partial charge in [0.1, 0.15) is 5.82 Å². The van der Waals surface area contributed by atoms with Crippen molar-refractivity contribution in [2.24, 2.45) is 0 Å². The van der Waals surface area contributed by atoms with Crippen molar-refractivity contribution >= 4 is 15.9 Å². The van der Waals surface area contributed by atoms with Crippen molar-refractivity contribution in [3.05, 3.63) is 53.8 Å². The van der Waals surface area contributed by atoms with Crippen molar-refractivity contribution < 1.29 is 31.1 Å². The summed E-state index contributed by atoms with van der Waals surface area (Å²) in [4.78, 5) is 14.4. The van der Waals surface area contributed by atoms with E-state index in [1.54, 1.807) is 25.1 Å². The number of likely N-dealkylation sites (N-methyl/N-ethyl adjacent to an activating group) is 1. The molecule has 2 aromatic carbocycles. The summed E-state index contributed by atoms with van der Waals surface area (Å²) in [5.41, 5.74) is 1.07. The van der Waals surface area contributed by atoms with Crippen LogP contribution in [0.3, 0.4) is 0 Å².